The van der Waals surface area contributed by atoms with Gasteiger partial charge in [-0.15, -0.1) is 0 Å². The van der Waals surface area contributed by atoms with Crippen molar-refractivity contribution in [3.05, 3.63) is 41.5 Å². The van der Waals surface area contributed by atoms with Crippen molar-refractivity contribution in [2.75, 3.05) is 6.61 Å². The van der Waals surface area contributed by atoms with E-state index in [-0.39, 0.29) is 51.8 Å². The van der Waals surface area contributed by atoms with Gasteiger partial charge in [-0.25, -0.2) is 4.79 Å². The van der Waals surface area contributed by atoms with Crippen LogP contribution in [0.25, 0.3) is 6.08 Å². The molecule has 0 heterocycles. The molecular weight excluding hydrogens is 564 g/mol. The van der Waals surface area contributed by atoms with Crippen molar-refractivity contribution in [1.29, 1.82) is 0 Å². The molecule has 0 unspecified atom stereocenters. The Labute approximate surface area is 271 Å². The highest BCUT2D eigenvalue weighted by atomic mass is 16.5. The smallest absolute Gasteiger partial charge is 0.331 e. The van der Waals surface area contributed by atoms with E-state index < -0.39 is 5.60 Å². The zero-order valence-corrected chi connectivity index (χ0v) is 28.7. The molecule has 9 atom stereocenters. The van der Waals surface area contributed by atoms with E-state index in [1.54, 1.807) is 12.1 Å². The second-order valence-corrected chi connectivity index (χ2v) is 16.8. The number of phenolic OH excluding ortho intramolecular Hbond substituents is 2. The first kappa shape index (κ1) is 34.0. The lowest BCUT2D eigenvalue weighted by Gasteiger charge is -2.70. The molecule has 45 heavy (non-hydrogen) atoms. The maximum Gasteiger partial charge on any atom is 0.331 e. The summed E-state index contributed by atoms with van der Waals surface area (Å²) in [4.78, 5) is 13.0. The van der Waals surface area contributed by atoms with E-state index in [1.807, 2.05) is 6.92 Å². The Morgan fingerprint density at radius 2 is 1.67 bits per heavy atom. The number of fused-ring (bicyclic) bond motifs is 5. The first-order valence-corrected chi connectivity index (χ1v) is 17.4. The molecule has 4 aliphatic carbocycles. The lowest BCUT2D eigenvalue weighted by Crippen LogP contribution is -2.64. The van der Waals surface area contributed by atoms with E-state index in [9.17, 15) is 25.2 Å². The molecule has 0 aromatic heterocycles. The predicted molar refractivity (Wildman–Crippen MR) is 178 cm³/mol. The van der Waals surface area contributed by atoms with Crippen LogP contribution >= 0.6 is 0 Å². The molecule has 4 fully saturated rings. The van der Waals surface area contributed by atoms with Crippen LogP contribution in [-0.2, 0) is 9.53 Å². The van der Waals surface area contributed by atoms with Gasteiger partial charge in [-0.1, -0.05) is 52.3 Å². The molecule has 0 amide bonds. The quantitative estimate of drug-likeness (QED) is 0.101. The van der Waals surface area contributed by atoms with Crippen LogP contribution < -0.4 is 0 Å². The third-order valence-corrected chi connectivity index (χ3v) is 14.2. The minimum Gasteiger partial charge on any atom is -0.504 e. The van der Waals surface area contributed by atoms with Crippen LogP contribution in [0.5, 0.6) is 11.5 Å². The van der Waals surface area contributed by atoms with Gasteiger partial charge in [0.15, 0.2) is 11.5 Å². The Morgan fingerprint density at radius 1 is 0.956 bits per heavy atom. The van der Waals surface area contributed by atoms with Crippen molar-refractivity contribution in [2.24, 2.45) is 45.3 Å². The number of hydrogen-bond acceptors (Lipinski definition) is 6. The average molecular weight is 623 g/mol. The number of rotatable bonds is 8. The number of aromatic hydroxyl groups is 2. The maximum atomic E-state index is 13.0. The molecule has 0 saturated heterocycles. The van der Waals surface area contributed by atoms with Gasteiger partial charge in [-0.05, 0) is 142 Å². The first-order valence-electron chi connectivity index (χ1n) is 17.4. The van der Waals surface area contributed by atoms with Gasteiger partial charge in [0.25, 0.3) is 0 Å². The van der Waals surface area contributed by atoms with Crippen molar-refractivity contribution >= 4 is 12.0 Å². The van der Waals surface area contributed by atoms with Gasteiger partial charge in [0.05, 0.1) is 12.2 Å². The Bertz CT molecular complexity index is 1330. The first-order chi connectivity index (χ1) is 21.0. The normalized spacial score (nSPS) is 39.0. The molecular formula is C39H58O6. The van der Waals surface area contributed by atoms with Crippen molar-refractivity contribution in [2.45, 2.75) is 124 Å². The molecule has 250 valence electrons. The van der Waals surface area contributed by atoms with Gasteiger partial charge in [-0.2, -0.15) is 0 Å². The summed E-state index contributed by atoms with van der Waals surface area (Å²) in [6, 6.07) is 4.48. The monoisotopic (exact) mass is 622 g/mol. The summed E-state index contributed by atoms with van der Waals surface area (Å²) in [6.45, 7) is 16.4. The van der Waals surface area contributed by atoms with E-state index in [4.69, 9.17) is 4.74 Å². The predicted octanol–water partition coefficient (Wildman–Crippen LogP) is 8.18. The van der Waals surface area contributed by atoms with E-state index in [0.29, 0.717) is 29.2 Å². The number of esters is 1. The van der Waals surface area contributed by atoms with Crippen molar-refractivity contribution in [3.8, 4) is 11.5 Å². The number of aliphatic hydroxyl groups excluding tert-OH is 1. The topological polar surface area (TPSA) is 107 Å². The average Bonchev–Trinajstić information content (AvgIpc) is 3.34. The van der Waals surface area contributed by atoms with Gasteiger partial charge in [0.2, 0.25) is 0 Å². The van der Waals surface area contributed by atoms with Gasteiger partial charge >= 0.3 is 5.97 Å². The summed E-state index contributed by atoms with van der Waals surface area (Å²) >= 11 is 0. The molecule has 4 saturated carbocycles. The highest BCUT2D eigenvalue weighted by molar-refractivity contribution is 5.87. The molecule has 6 heteroatoms. The van der Waals surface area contributed by atoms with Crippen LogP contribution in [0, 0.1) is 45.3 Å². The molecule has 0 spiro atoms. The van der Waals surface area contributed by atoms with Crippen LogP contribution in [0.15, 0.2) is 35.9 Å². The van der Waals surface area contributed by atoms with Crippen molar-refractivity contribution < 1.29 is 30.0 Å². The molecule has 0 bridgehead atoms. The second kappa shape index (κ2) is 12.0. The van der Waals surface area contributed by atoms with Crippen LogP contribution in [0.2, 0.25) is 0 Å². The molecule has 4 N–H and O–H groups in total. The number of ether oxygens (including phenoxy) is 1. The fraction of sp³-hybridized carbons (Fsp3) is 0.718. The van der Waals surface area contributed by atoms with Crippen LogP contribution in [0.3, 0.4) is 0 Å². The van der Waals surface area contributed by atoms with E-state index in [2.05, 4.69) is 47.6 Å². The zero-order chi connectivity index (χ0) is 33.0. The number of hydrogen-bond donors (Lipinski definition) is 4. The maximum absolute atomic E-state index is 13.0. The Balaban J connectivity index is 1.30. The second-order valence-electron chi connectivity index (χ2n) is 16.8. The van der Waals surface area contributed by atoms with Crippen molar-refractivity contribution in [1.82, 2.24) is 0 Å². The Morgan fingerprint density at radius 3 is 2.36 bits per heavy atom. The van der Waals surface area contributed by atoms with Gasteiger partial charge in [0, 0.05) is 11.5 Å². The van der Waals surface area contributed by atoms with E-state index >= 15 is 0 Å². The highest BCUT2D eigenvalue weighted by Gasteiger charge is 2.69. The number of allylic oxidation sites excluding steroid dienone is 1. The zero-order valence-electron chi connectivity index (χ0n) is 28.7. The number of carbonyl (C=O) groups is 1. The van der Waals surface area contributed by atoms with Crippen LogP contribution in [-0.4, -0.2) is 44.7 Å². The molecule has 5 rings (SSSR count). The summed E-state index contributed by atoms with van der Waals surface area (Å²) < 4.78 is 6.15. The molecule has 4 aliphatic rings. The minimum absolute atomic E-state index is 0.0793. The van der Waals surface area contributed by atoms with E-state index in [0.717, 1.165) is 44.1 Å². The largest absolute Gasteiger partial charge is 0.504 e. The lowest BCUT2D eigenvalue weighted by molar-refractivity contribution is -0.229. The fourth-order valence-corrected chi connectivity index (χ4v) is 11.5. The van der Waals surface area contributed by atoms with Crippen LogP contribution in [0.1, 0.15) is 118 Å². The summed E-state index contributed by atoms with van der Waals surface area (Å²) in [5.41, 5.74) is 1.29. The lowest BCUT2D eigenvalue weighted by atomic mass is 9.35. The Kier molecular flexibility index (Phi) is 9.11. The van der Waals surface area contributed by atoms with Gasteiger partial charge in [-0.3, -0.25) is 0 Å². The third kappa shape index (κ3) is 5.77. The number of benzene rings is 1. The van der Waals surface area contributed by atoms with Crippen LogP contribution in [0.4, 0.5) is 0 Å². The molecule has 6 nitrogen and oxygen atoms in total. The number of phenols is 2. The highest BCUT2D eigenvalue weighted by Crippen LogP contribution is 2.76. The SMILES string of the molecule is C/C(=C\CC[C@](C)(O)[C@H]1CC[C@]2(C)[C@@H]1CC[C@@H]1[C@@]3(C)CC[C@H](OC(=O)/C=C/c4ccc(O)c(O)c4)C(C)(C)[C@H]3CC[C@]12C)CO. The van der Waals surface area contributed by atoms with E-state index in [1.165, 1.54) is 43.9 Å². The molecule has 0 aliphatic heterocycles. The summed E-state index contributed by atoms with van der Waals surface area (Å²) in [5, 5.41) is 40.6. The number of aliphatic hydroxyl groups is 2. The third-order valence-electron chi connectivity index (χ3n) is 14.2. The summed E-state index contributed by atoms with van der Waals surface area (Å²) in [7, 11) is 0. The molecule has 1 aromatic rings. The molecule has 1 aromatic carbocycles. The Hall–Kier alpha value is -2.31. The summed E-state index contributed by atoms with van der Waals surface area (Å²) in [5.74, 6) is 1.10. The standard InChI is InChI=1S/C39H58O6/c1-25(24-40)9-8-19-39(7,44)28-16-21-37(5)27(28)12-14-32-36(4)20-18-33(35(2,3)31(36)17-22-38(32,37)6)45-34(43)15-11-26-10-13-29(41)30(42)23-26/h9-11,13,15,23,27-28,31-33,40-42,44H,8,12,14,16-22,24H2,1-7H3/b15-11+,25-9+/t27-,28+,31-,32-,33+,36+,37-,38-,39+/m1/s1. The van der Waals surface area contributed by atoms with Crippen molar-refractivity contribution in [3.63, 3.8) is 0 Å². The van der Waals surface area contributed by atoms with Gasteiger partial charge < -0.3 is 25.2 Å². The number of carbonyl (C=O) groups excluding carboxylic acids is 1. The molecule has 0 radical (unpaired) electrons. The summed E-state index contributed by atoms with van der Waals surface area (Å²) in [6.07, 6.45) is 15.3. The van der Waals surface area contributed by atoms with Gasteiger partial charge in [0.1, 0.15) is 6.10 Å². The minimum atomic E-state index is -0.708. The fourth-order valence-electron chi connectivity index (χ4n) is 11.5.